The van der Waals surface area contributed by atoms with Crippen LogP contribution in [-0.2, 0) is 0 Å². The molecule has 0 atom stereocenters. The van der Waals surface area contributed by atoms with E-state index in [1.807, 2.05) is 4.90 Å². The summed E-state index contributed by atoms with van der Waals surface area (Å²) in [5.41, 5.74) is 0. The molecule has 100 valence electrons. The highest BCUT2D eigenvalue weighted by Gasteiger charge is 2.24. The van der Waals surface area contributed by atoms with Crippen LogP contribution in [0, 0.1) is 0 Å². The summed E-state index contributed by atoms with van der Waals surface area (Å²) in [4.78, 5) is 15.1. The van der Waals surface area contributed by atoms with Crippen LogP contribution in [0.15, 0.2) is 0 Å². The van der Waals surface area contributed by atoms with Gasteiger partial charge in [-0.2, -0.15) is 0 Å². The quantitative estimate of drug-likeness (QED) is 0.598. The van der Waals surface area contributed by atoms with E-state index in [4.69, 9.17) is 10.2 Å². The second-order valence-electron chi connectivity index (χ2n) is 4.67. The first kappa shape index (κ1) is 14.2. The topological polar surface area (TPSA) is 76.0 Å². The van der Waals surface area contributed by atoms with Gasteiger partial charge in [0.1, 0.15) is 0 Å². The molecule has 2 amide bonds. The Morgan fingerprint density at radius 2 is 1.88 bits per heavy atom. The minimum Gasteiger partial charge on any atom is -0.395 e. The molecular formula is C11H23N3O3. The van der Waals surface area contributed by atoms with Crippen LogP contribution >= 0.6 is 0 Å². The van der Waals surface area contributed by atoms with Crippen LogP contribution in [0.3, 0.4) is 0 Å². The van der Waals surface area contributed by atoms with Crippen molar-refractivity contribution in [1.29, 1.82) is 0 Å². The molecule has 1 saturated heterocycles. The highest BCUT2D eigenvalue weighted by atomic mass is 16.3. The summed E-state index contributed by atoms with van der Waals surface area (Å²) in [6, 6.07) is 0.0610. The van der Waals surface area contributed by atoms with Gasteiger partial charge in [-0.25, -0.2) is 4.79 Å². The van der Waals surface area contributed by atoms with Crippen molar-refractivity contribution in [3.8, 4) is 0 Å². The van der Waals surface area contributed by atoms with Gasteiger partial charge in [0.25, 0.3) is 0 Å². The van der Waals surface area contributed by atoms with Crippen molar-refractivity contribution in [3.63, 3.8) is 0 Å². The van der Waals surface area contributed by atoms with Crippen LogP contribution in [-0.4, -0.2) is 78.5 Å². The van der Waals surface area contributed by atoms with Gasteiger partial charge in [0.2, 0.25) is 0 Å². The highest BCUT2D eigenvalue weighted by molar-refractivity contribution is 5.73. The number of carbonyl (C=O) groups is 1. The van der Waals surface area contributed by atoms with Gasteiger partial charge in [0, 0.05) is 33.2 Å². The fourth-order valence-corrected chi connectivity index (χ4v) is 2.02. The van der Waals surface area contributed by atoms with Crippen LogP contribution in [0.2, 0.25) is 0 Å². The number of hydrogen-bond acceptors (Lipinski definition) is 4. The van der Waals surface area contributed by atoms with E-state index >= 15 is 0 Å². The number of likely N-dealkylation sites (tertiary alicyclic amines) is 1. The predicted molar refractivity (Wildman–Crippen MR) is 64.8 cm³/mol. The largest absolute Gasteiger partial charge is 0.395 e. The van der Waals surface area contributed by atoms with Crippen LogP contribution in [0.5, 0.6) is 0 Å². The third kappa shape index (κ3) is 4.14. The Balaban J connectivity index is 2.33. The van der Waals surface area contributed by atoms with Gasteiger partial charge < -0.3 is 25.3 Å². The number of urea groups is 1. The average molecular weight is 245 g/mol. The molecule has 0 aromatic carbocycles. The fraction of sp³-hybridized carbons (Fsp3) is 0.909. The first-order valence-electron chi connectivity index (χ1n) is 6.02. The van der Waals surface area contributed by atoms with Gasteiger partial charge in [-0.1, -0.05) is 0 Å². The molecule has 0 aliphatic carbocycles. The Labute approximate surface area is 102 Å². The first-order valence-corrected chi connectivity index (χ1v) is 6.02. The van der Waals surface area contributed by atoms with Crippen LogP contribution in [0.25, 0.3) is 0 Å². The smallest absolute Gasteiger partial charge is 0.319 e. The second kappa shape index (κ2) is 6.78. The van der Waals surface area contributed by atoms with E-state index < -0.39 is 0 Å². The summed E-state index contributed by atoms with van der Waals surface area (Å²) >= 11 is 0. The summed E-state index contributed by atoms with van der Waals surface area (Å²) < 4.78 is 0. The zero-order chi connectivity index (χ0) is 12.8. The Morgan fingerprint density at radius 1 is 1.35 bits per heavy atom. The molecule has 1 fully saturated rings. The minimum absolute atomic E-state index is 0.0457. The monoisotopic (exact) mass is 245 g/mol. The summed E-state index contributed by atoms with van der Waals surface area (Å²) in [6.45, 7) is 1.32. The van der Waals surface area contributed by atoms with Crippen LogP contribution in [0.1, 0.15) is 12.8 Å². The second-order valence-corrected chi connectivity index (χ2v) is 4.67. The fourth-order valence-electron chi connectivity index (χ4n) is 2.02. The number of nitrogens with one attached hydrogen (secondary N) is 1. The molecule has 0 unspecified atom stereocenters. The molecular weight excluding hydrogens is 222 g/mol. The Kier molecular flexibility index (Phi) is 5.67. The molecule has 0 aromatic rings. The summed E-state index contributed by atoms with van der Waals surface area (Å²) in [5, 5.41) is 21.1. The number of aliphatic hydroxyl groups excluding tert-OH is 2. The predicted octanol–water partition coefficient (Wildman–Crippen LogP) is -0.925. The minimum atomic E-state index is -0.254. The van der Waals surface area contributed by atoms with Crippen molar-refractivity contribution in [2.24, 2.45) is 0 Å². The van der Waals surface area contributed by atoms with E-state index in [-0.39, 0.29) is 31.3 Å². The Hall–Kier alpha value is -0.850. The molecule has 6 nitrogen and oxygen atoms in total. The van der Waals surface area contributed by atoms with Crippen LogP contribution in [0.4, 0.5) is 4.79 Å². The zero-order valence-electron chi connectivity index (χ0n) is 10.6. The SMILES string of the molecule is CN(C)C(=O)N1CCC(NC(CO)CO)CC1. The molecule has 0 saturated carbocycles. The maximum Gasteiger partial charge on any atom is 0.319 e. The molecule has 0 aromatic heterocycles. The summed E-state index contributed by atoms with van der Waals surface area (Å²) in [5.74, 6) is 0. The van der Waals surface area contributed by atoms with Gasteiger partial charge in [0.15, 0.2) is 0 Å². The van der Waals surface area contributed by atoms with Crippen LogP contribution < -0.4 is 5.32 Å². The number of hydrogen-bond donors (Lipinski definition) is 3. The van der Waals surface area contributed by atoms with E-state index in [0.29, 0.717) is 0 Å². The lowest BCUT2D eigenvalue weighted by Crippen LogP contribution is -2.51. The number of nitrogens with zero attached hydrogens (tertiary/aromatic N) is 2. The van der Waals surface area contributed by atoms with E-state index in [0.717, 1.165) is 25.9 Å². The van der Waals surface area contributed by atoms with E-state index in [9.17, 15) is 4.79 Å². The molecule has 1 aliphatic rings. The summed E-state index contributed by atoms with van der Waals surface area (Å²) in [7, 11) is 3.50. The van der Waals surface area contributed by atoms with Gasteiger partial charge in [-0.3, -0.25) is 0 Å². The normalized spacial score (nSPS) is 17.6. The van der Waals surface area contributed by atoms with Crippen molar-refractivity contribution in [2.45, 2.75) is 24.9 Å². The molecule has 1 rings (SSSR count). The molecule has 3 N–H and O–H groups in total. The van der Waals surface area contributed by atoms with E-state index in [1.54, 1.807) is 19.0 Å². The number of piperidine rings is 1. The van der Waals surface area contributed by atoms with Gasteiger partial charge in [0.05, 0.1) is 19.3 Å². The molecule has 6 heteroatoms. The van der Waals surface area contributed by atoms with Crippen molar-refractivity contribution in [1.82, 2.24) is 15.1 Å². The lowest BCUT2D eigenvalue weighted by Gasteiger charge is -2.35. The van der Waals surface area contributed by atoms with Gasteiger partial charge >= 0.3 is 6.03 Å². The summed E-state index contributed by atoms with van der Waals surface area (Å²) in [6.07, 6.45) is 1.71. The lowest BCUT2D eigenvalue weighted by atomic mass is 10.0. The van der Waals surface area contributed by atoms with E-state index in [1.165, 1.54) is 0 Å². The highest BCUT2D eigenvalue weighted by Crippen LogP contribution is 2.12. The standard InChI is InChI=1S/C11H23N3O3/c1-13(2)11(17)14-5-3-9(4-6-14)12-10(7-15)8-16/h9-10,12,15-16H,3-8H2,1-2H3. The molecule has 0 bridgehead atoms. The van der Waals surface area contributed by atoms with Gasteiger partial charge in [-0.15, -0.1) is 0 Å². The third-order valence-electron chi connectivity index (χ3n) is 3.06. The van der Waals surface area contributed by atoms with Crippen molar-refractivity contribution in [3.05, 3.63) is 0 Å². The number of rotatable bonds is 4. The number of amides is 2. The Morgan fingerprint density at radius 3 is 2.29 bits per heavy atom. The van der Waals surface area contributed by atoms with E-state index in [2.05, 4.69) is 5.32 Å². The van der Waals surface area contributed by atoms with Crippen molar-refractivity contribution >= 4 is 6.03 Å². The van der Waals surface area contributed by atoms with Crippen molar-refractivity contribution in [2.75, 3.05) is 40.4 Å². The molecule has 0 radical (unpaired) electrons. The molecule has 0 spiro atoms. The number of aliphatic hydroxyl groups is 2. The lowest BCUT2D eigenvalue weighted by molar-refractivity contribution is 0.130. The molecule has 17 heavy (non-hydrogen) atoms. The third-order valence-corrected chi connectivity index (χ3v) is 3.06. The Bertz CT molecular complexity index is 236. The van der Waals surface area contributed by atoms with Gasteiger partial charge in [-0.05, 0) is 12.8 Å². The molecule has 1 heterocycles. The first-order chi connectivity index (χ1) is 8.08. The van der Waals surface area contributed by atoms with Crippen molar-refractivity contribution < 1.29 is 15.0 Å². The average Bonchev–Trinajstić information content (AvgIpc) is 2.35. The maximum absolute atomic E-state index is 11.7. The zero-order valence-corrected chi connectivity index (χ0v) is 10.6. The molecule has 1 aliphatic heterocycles. The maximum atomic E-state index is 11.7. The number of carbonyl (C=O) groups excluding carboxylic acids is 1.